The van der Waals surface area contributed by atoms with E-state index < -0.39 is 16.8 Å². The number of hydrogen-bond donors (Lipinski definition) is 3. The topological polar surface area (TPSA) is 69.9 Å². The Morgan fingerprint density at radius 3 is 1.91 bits per heavy atom. The number of fused-ring (bicyclic) bond motifs is 4. The summed E-state index contributed by atoms with van der Waals surface area (Å²) in [6.45, 7) is 15.0. The molecule has 0 aromatic heterocycles. The summed E-state index contributed by atoms with van der Waals surface area (Å²) in [4.78, 5) is 31.7. The minimum Gasteiger partial charge on any atom is -0.444 e. The van der Waals surface area contributed by atoms with E-state index in [1.165, 1.54) is 5.56 Å². The van der Waals surface area contributed by atoms with Crippen molar-refractivity contribution in [3.8, 4) is 28.0 Å². The molecule has 0 fully saturated rings. The summed E-state index contributed by atoms with van der Waals surface area (Å²) in [7, 11) is -4.52. The van der Waals surface area contributed by atoms with Crippen LogP contribution in [0.3, 0.4) is 0 Å². The average Bonchev–Trinajstić information content (AvgIpc) is 2.68. The third kappa shape index (κ3) is 4.36. The third-order valence-corrected chi connectivity index (χ3v) is 8.37. The van der Waals surface area contributed by atoms with Gasteiger partial charge in [0.15, 0.2) is 8.38 Å². The van der Waals surface area contributed by atoms with Crippen LogP contribution < -0.4 is 15.1 Å². The minimum atomic E-state index is -2.39. The molecule has 0 radical (unpaired) electrons. The molecule has 0 saturated heterocycles. The minimum absolute atomic E-state index is 0.0185. The van der Waals surface area contributed by atoms with E-state index in [2.05, 4.69) is 54.5 Å². The SMILES string of the molecule is Cc1cc(OP(O)c2c(P(O)O)ccc3c2-c2ccccc2-3)c(C(C)(C)C)cc1C(C)(C)C. The van der Waals surface area contributed by atoms with Crippen LogP contribution in [0.25, 0.3) is 22.3 Å². The Balaban J connectivity index is 1.83. The monoisotopic (exact) mass is 482 g/mol. The molecular formula is C27H32O4P2. The van der Waals surface area contributed by atoms with Gasteiger partial charge in [-0.3, -0.25) is 0 Å². The lowest BCUT2D eigenvalue weighted by Gasteiger charge is -2.32. The summed E-state index contributed by atoms with van der Waals surface area (Å²) >= 11 is 0. The Labute approximate surface area is 199 Å². The van der Waals surface area contributed by atoms with Crippen molar-refractivity contribution in [3.05, 3.63) is 65.2 Å². The Morgan fingerprint density at radius 1 is 0.727 bits per heavy atom. The lowest BCUT2D eigenvalue weighted by molar-refractivity contribution is 0.475. The Morgan fingerprint density at radius 2 is 1.33 bits per heavy atom. The molecule has 33 heavy (non-hydrogen) atoms. The van der Waals surface area contributed by atoms with Crippen LogP contribution in [-0.2, 0) is 10.8 Å². The quantitative estimate of drug-likeness (QED) is 0.305. The van der Waals surface area contributed by atoms with Crippen LogP contribution in [0, 0.1) is 6.92 Å². The predicted octanol–water partition coefficient (Wildman–Crippen LogP) is 6.17. The highest BCUT2D eigenvalue weighted by atomic mass is 31.2. The fraction of sp³-hybridized carbons (Fsp3) is 0.333. The van der Waals surface area contributed by atoms with Crippen molar-refractivity contribution in [2.24, 2.45) is 0 Å². The summed E-state index contributed by atoms with van der Waals surface area (Å²) in [5.41, 5.74) is 7.11. The second-order valence-corrected chi connectivity index (χ2v) is 13.0. The fourth-order valence-corrected chi connectivity index (χ4v) is 6.76. The molecule has 0 spiro atoms. The van der Waals surface area contributed by atoms with Gasteiger partial charge in [-0.1, -0.05) is 77.9 Å². The molecule has 0 heterocycles. The Hall–Kier alpha value is -1.80. The smallest absolute Gasteiger partial charge is 0.263 e. The maximum Gasteiger partial charge on any atom is 0.263 e. The molecule has 0 amide bonds. The number of rotatable bonds is 4. The van der Waals surface area contributed by atoms with Crippen LogP contribution >= 0.6 is 16.8 Å². The molecule has 3 aromatic rings. The predicted molar refractivity (Wildman–Crippen MR) is 140 cm³/mol. The first-order valence-electron chi connectivity index (χ1n) is 11.1. The summed E-state index contributed by atoms with van der Waals surface area (Å²) in [6.07, 6.45) is 0. The summed E-state index contributed by atoms with van der Waals surface area (Å²) < 4.78 is 6.29. The molecular weight excluding hydrogens is 450 g/mol. The van der Waals surface area contributed by atoms with E-state index in [-0.39, 0.29) is 10.8 Å². The molecule has 4 rings (SSSR count). The largest absolute Gasteiger partial charge is 0.444 e. The molecule has 4 nitrogen and oxygen atoms in total. The average molecular weight is 482 g/mol. The normalized spacial score (nSPS) is 13.9. The molecule has 1 atom stereocenters. The van der Waals surface area contributed by atoms with Gasteiger partial charge in [-0.2, -0.15) is 0 Å². The fourth-order valence-electron chi connectivity index (χ4n) is 4.60. The van der Waals surface area contributed by atoms with Gasteiger partial charge in [0.25, 0.3) is 8.38 Å². The van der Waals surface area contributed by atoms with Gasteiger partial charge in [0.2, 0.25) is 0 Å². The second kappa shape index (κ2) is 8.45. The third-order valence-electron chi connectivity index (χ3n) is 6.18. The summed E-state index contributed by atoms with van der Waals surface area (Å²) in [6, 6.07) is 15.8. The Bertz CT molecular complexity index is 1220. The number of hydrogen-bond acceptors (Lipinski definition) is 4. The van der Waals surface area contributed by atoms with Gasteiger partial charge in [-0.25, -0.2) is 0 Å². The van der Waals surface area contributed by atoms with Crippen LogP contribution in [0.2, 0.25) is 0 Å². The van der Waals surface area contributed by atoms with E-state index in [0.29, 0.717) is 16.4 Å². The van der Waals surface area contributed by atoms with E-state index in [0.717, 1.165) is 33.4 Å². The highest BCUT2D eigenvalue weighted by Crippen LogP contribution is 2.51. The van der Waals surface area contributed by atoms with Gasteiger partial charge in [0, 0.05) is 16.4 Å². The lowest BCUT2D eigenvalue weighted by Crippen LogP contribution is -2.29. The molecule has 1 unspecified atom stereocenters. The van der Waals surface area contributed by atoms with Crippen molar-refractivity contribution in [2.75, 3.05) is 0 Å². The molecule has 0 aliphatic heterocycles. The summed E-state index contributed by atoms with van der Waals surface area (Å²) in [5.74, 6) is 0.637. The molecule has 1 aliphatic rings. The van der Waals surface area contributed by atoms with E-state index in [9.17, 15) is 14.7 Å². The van der Waals surface area contributed by atoms with Crippen LogP contribution in [0.5, 0.6) is 5.75 Å². The molecule has 3 aromatic carbocycles. The highest BCUT2D eigenvalue weighted by molar-refractivity contribution is 7.62. The maximum absolute atomic E-state index is 11.4. The van der Waals surface area contributed by atoms with Crippen molar-refractivity contribution in [3.63, 3.8) is 0 Å². The van der Waals surface area contributed by atoms with E-state index in [1.807, 2.05) is 36.4 Å². The van der Waals surface area contributed by atoms with Gasteiger partial charge in [0.05, 0.1) is 5.30 Å². The highest BCUT2D eigenvalue weighted by Gasteiger charge is 2.34. The van der Waals surface area contributed by atoms with E-state index in [4.69, 9.17) is 4.52 Å². The number of benzene rings is 3. The van der Waals surface area contributed by atoms with Crippen molar-refractivity contribution >= 4 is 27.4 Å². The van der Waals surface area contributed by atoms with Crippen molar-refractivity contribution in [1.82, 2.24) is 0 Å². The standard InChI is InChI=1S/C27H32O4P2/c1-16-14-22(21(27(5,6)7)15-20(16)26(2,3)4)31-33(30)25-23(32(28)29)13-12-19-17-10-8-9-11-18(17)24(19)25/h8-15,28-30H,1-7H3. The molecule has 174 valence electrons. The first-order chi connectivity index (χ1) is 15.3. The number of aryl methyl sites for hydroxylation is 1. The van der Waals surface area contributed by atoms with Crippen molar-refractivity contribution < 1.29 is 19.2 Å². The van der Waals surface area contributed by atoms with Crippen LogP contribution in [0.4, 0.5) is 0 Å². The molecule has 3 N–H and O–H groups in total. The molecule has 1 aliphatic carbocycles. The van der Waals surface area contributed by atoms with Gasteiger partial charge in [-0.15, -0.1) is 0 Å². The van der Waals surface area contributed by atoms with Crippen LogP contribution in [-0.4, -0.2) is 14.7 Å². The van der Waals surface area contributed by atoms with Gasteiger partial charge in [0.1, 0.15) is 5.75 Å². The van der Waals surface area contributed by atoms with Gasteiger partial charge < -0.3 is 19.2 Å². The zero-order chi connectivity index (χ0) is 24.3. The zero-order valence-corrected chi connectivity index (χ0v) is 22.1. The van der Waals surface area contributed by atoms with Crippen LogP contribution in [0.15, 0.2) is 48.5 Å². The van der Waals surface area contributed by atoms with E-state index in [1.54, 1.807) is 6.07 Å². The first kappa shape index (κ1) is 24.3. The van der Waals surface area contributed by atoms with Gasteiger partial charge in [-0.05, 0) is 57.7 Å². The first-order valence-corrected chi connectivity index (χ1v) is 13.5. The molecule has 6 heteroatoms. The van der Waals surface area contributed by atoms with Crippen molar-refractivity contribution in [1.29, 1.82) is 0 Å². The molecule has 0 bridgehead atoms. The zero-order valence-electron chi connectivity index (χ0n) is 20.3. The summed E-state index contributed by atoms with van der Waals surface area (Å²) in [5, 5.41) is 0.835. The van der Waals surface area contributed by atoms with Crippen LogP contribution in [0.1, 0.15) is 58.2 Å². The maximum atomic E-state index is 11.4. The van der Waals surface area contributed by atoms with Gasteiger partial charge >= 0.3 is 0 Å². The van der Waals surface area contributed by atoms with E-state index >= 15 is 0 Å². The Kier molecular flexibility index (Phi) is 6.23. The molecule has 0 saturated carbocycles. The van der Waals surface area contributed by atoms with Crippen molar-refractivity contribution in [2.45, 2.75) is 59.3 Å². The second-order valence-electron chi connectivity index (χ2n) is 10.7. The lowest BCUT2D eigenvalue weighted by atomic mass is 9.78.